The number of nitrogens with zero attached hydrogens (tertiary/aromatic N) is 2. The molecule has 1 aromatic rings. The zero-order valence-electron chi connectivity index (χ0n) is 9.64. The van der Waals surface area contributed by atoms with Crippen molar-refractivity contribution in [2.24, 2.45) is 0 Å². The number of benzene rings is 1. The standard InChI is InChI=1S/C12H8FN3O3/c13-7-1-2-8-9(5-7)16(12(19)11(8)18)6-10(17)15-4-3-14/h1-2,5H,4,6H2,(H,15,17). The van der Waals surface area contributed by atoms with Crippen LogP contribution in [0.15, 0.2) is 18.2 Å². The fourth-order valence-corrected chi connectivity index (χ4v) is 1.76. The summed E-state index contributed by atoms with van der Waals surface area (Å²) in [6, 6.07) is 5.01. The summed E-state index contributed by atoms with van der Waals surface area (Å²) in [7, 11) is 0. The average molecular weight is 261 g/mol. The molecule has 0 spiro atoms. The van der Waals surface area contributed by atoms with Gasteiger partial charge in [-0.2, -0.15) is 5.26 Å². The second-order valence-electron chi connectivity index (χ2n) is 3.82. The van der Waals surface area contributed by atoms with Crippen molar-refractivity contribution in [3.8, 4) is 6.07 Å². The van der Waals surface area contributed by atoms with Gasteiger partial charge in [0, 0.05) is 0 Å². The lowest BCUT2D eigenvalue weighted by molar-refractivity contribution is -0.121. The summed E-state index contributed by atoms with van der Waals surface area (Å²) in [5.74, 6) is -2.86. The van der Waals surface area contributed by atoms with E-state index in [-0.39, 0.29) is 17.8 Å². The van der Waals surface area contributed by atoms with Gasteiger partial charge in [0.1, 0.15) is 18.9 Å². The minimum atomic E-state index is -0.882. The number of fused-ring (bicyclic) bond motifs is 1. The fourth-order valence-electron chi connectivity index (χ4n) is 1.76. The molecule has 0 aromatic heterocycles. The molecule has 0 atom stereocenters. The summed E-state index contributed by atoms with van der Waals surface area (Å²) in [6.07, 6.45) is 0. The molecule has 0 radical (unpaired) electrons. The molecule has 0 unspecified atom stereocenters. The van der Waals surface area contributed by atoms with Crippen LogP contribution >= 0.6 is 0 Å². The van der Waals surface area contributed by atoms with Crippen LogP contribution in [0.3, 0.4) is 0 Å². The Morgan fingerprint density at radius 2 is 2.16 bits per heavy atom. The Bertz CT molecular complexity index is 621. The van der Waals surface area contributed by atoms with Crippen LogP contribution in [0.25, 0.3) is 0 Å². The van der Waals surface area contributed by atoms with E-state index in [1.165, 1.54) is 6.07 Å². The summed E-state index contributed by atoms with van der Waals surface area (Å²) in [6.45, 7) is -0.631. The monoisotopic (exact) mass is 261 g/mol. The molecule has 96 valence electrons. The molecule has 1 aromatic carbocycles. The van der Waals surface area contributed by atoms with E-state index in [1.54, 1.807) is 6.07 Å². The molecule has 6 nitrogen and oxygen atoms in total. The summed E-state index contributed by atoms with van der Waals surface area (Å²) in [5.41, 5.74) is 0.140. The Balaban J connectivity index is 2.26. The maximum atomic E-state index is 13.1. The molecular formula is C12H8FN3O3. The number of nitriles is 1. The molecular weight excluding hydrogens is 253 g/mol. The van der Waals surface area contributed by atoms with Gasteiger partial charge in [0.2, 0.25) is 5.91 Å². The summed E-state index contributed by atoms with van der Waals surface area (Å²) < 4.78 is 13.1. The molecule has 0 bridgehead atoms. The minimum Gasteiger partial charge on any atom is -0.341 e. The molecule has 2 rings (SSSR count). The van der Waals surface area contributed by atoms with E-state index >= 15 is 0 Å². The van der Waals surface area contributed by atoms with E-state index in [2.05, 4.69) is 5.32 Å². The van der Waals surface area contributed by atoms with Gasteiger partial charge in [-0.15, -0.1) is 0 Å². The van der Waals surface area contributed by atoms with Gasteiger partial charge in [-0.3, -0.25) is 19.3 Å². The molecule has 0 fully saturated rings. The minimum absolute atomic E-state index is 0.0690. The number of ketones is 1. The SMILES string of the molecule is N#CCNC(=O)CN1C(=O)C(=O)c2ccc(F)cc21. The van der Waals surface area contributed by atoms with Crippen molar-refractivity contribution in [3.63, 3.8) is 0 Å². The number of halogens is 1. The number of rotatable bonds is 3. The van der Waals surface area contributed by atoms with Gasteiger partial charge in [-0.1, -0.05) is 0 Å². The van der Waals surface area contributed by atoms with E-state index in [4.69, 9.17) is 5.26 Å². The molecule has 1 aliphatic rings. The van der Waals surface area contributed by atoms with Gasteiger partial charge < -0.3 is 5.32 Å². The lowest BCUT2D eigenvalue weighted by Gasteiger charge is -2.15. The van der Waals surface area contributed by atoms with E-state index in [1.807, 2.05) is 0 Å². The predicted molar refractivity (Wildman–Crippen MR) is 61.7 cm³/mol. The number of hydrogen-bond acceptors (Lipinski definition) is 4. The first-order valence-corrected chi connectivity index (χ1v) is 5.34. The van der Waals surface area contributed by atoms with Crippen molar-refractivity contribution in [3.05, 3.63) is 29.6 Å². The van der Waals surface area contributed by atoms with E-state index in [9.17, 15) is 18.8 Å². The average Bonchev–Trinajstić information content (AvgIpc) is 2.61. The van der Waals surface area contributed by atoms with Crippen molar-refractivity contribution in [2.75, 3.05) is 18.0 Å². The molecule has 0 aliphatic carbocycles. The maximum absolute atomic E-state index is 13.1. The van der Waals surface area contributed by atoms with Crippen molar-refractivity contribution in [2.45, 2.75) is 0 Å². The summed E-state index contributed by atoms with van der Waals surface area (Å²) in [4.78, 5) is 35.6. The number of hydrogen-bond donors (Lipinski definition) is 1. The van der Waals surface area contributed by atoms with Gasteiger partial charge in [-0.05, 0) is 18.2 Å². The molecule has 7 heteroatoms. The van der Waals surface area contributed by atoms with Crippen LogP contribution in [0.1, 0.15) is 10.4 Å². The van der Waals surface area contributed by atoms with E-state index in [0.29, 0.717) is 0 Å². The third-order valence-corrected chi connectivity index (χ3v) is 2.60. The molecule has 2 amide bonds. The van der Waals surface area contributed by atoms with Gasteiger partial charge in [-0.25, -0.2) is 4.39 Å². The number of Topliss-reactive ketones (excluding diaryl/α,β-unsaturated/α-hetero) is 1. The third-order valence-electron chi connectivity index (χ3n) is 2.60. The highest BCUT2D eigenvalue weighted by atomic mass is 19.1. The Morgan fingerprint density at radius 1 is 1.42 bits per heavy atom. The Labute approximate surface area is 107 Å². The summed E-state index contributed by atoms with van der Waals surface area (Å²) in [5, 5.41) is 10.6. The van der Waals surface area contributed by atoms with Crippen molar-refractivity contribution in [1.82, 2.24) is 5.32 Å². The van der Waals surface area contributed by atoms with Gasteiger partial charge in [0.05, 0.1) is 17.3 Å². The molecule has 19 heavy (non-hydrogen) atoms. The normalized spacial score (nSPS) is 13.2. The molecule has 1 N–H and O–H groups in total. The zero-order valence-corrected chi connectivity index (χ0v) is 9.64. The first-order chi connectivity index (χ1) is 9.04. The first-order valence-electron chi connectivity index (χ1n) is 5.34. The maximum Gasteiger partial charge on any atom is 0.299 e. The summed E-state index contributed by atoms with van der Waals surface area (Å²) >= 11 is 0. The highest BCUT2D eigenvalue weighted by molar-refractivity contribution is 6.52. The number of carbonyl (C=O) groups excluding carboxylic acids is 3. The van der Waals surface area contributed by atoms with E-state index in [0.717, 1.165) is 17.0 Å². The van der Waals surface area contributed by atoms with Crippen LogP contribution in [0.5, 0.6) is 0 Å². The first kappa shape index (κ1) is 12.7. The predicted octanol–water partition coefficient (Wildman–Crippen LogP) is -0.00522. The molecule has 1 heterocycles. The van der Waals surface area contributed by atoms with Crippen LogP contribution in [0.2, 0.25) is 0 Å². The van der Waals surface area contributed by atoms with Crippen LogP contribution in [0.4, 0.5) is 10.1 Å². The fraction of sp³-hybridized carbons (Fsp3) is 0.167. The third kappa shape index (κ3) is 2.28. The van der Waals surface area contributed by atoms with E-state index < -0.39 is 30.0 Å². The Kier molecular flexibility index (Phi) is 3.25. The van der Waals surface area contributed by atoms with Gasteiger partial charge >= 0.3 is 0 Å². The van der Waals surface area contributed by atoms with Crippen LogP contribution in [0, 0.1) is 17.1 Å². The lowest BCUT2D eigenvalue weighted by Crippen LogP contribution is -2.40. The highest BCUT2D eigenvalue weighted by Crippen LogP contribution is 2.29. The highest BCUT2D eigenvalue weighted by Gasteiger charge is 2.36. The largest absolute Gasteiger partial charge is 0.341 e. The Morgan fingerprint density at radius 3 is 2.84 bits per heavy atom. The zero-order chi connectivity index (χ0) is 14.0. The molecule has 0 saturated heterocycles. The van der Waals surface area contributed by atoms with Crippen LogP contribution < -0.4 is 10.2 Å². The molecule has 1 aliphatic heterocycles. The lowest BCUT2D eigenvalue weighted by atomic mass is 10.1. The smallest absolute Gasteiger partial charge is 0.299 e. The van der Waals surface area contributed by atoms with Crippen LogP contribution in [-0.2, 0) is 9.59 Å². The van der Waals surface area contributed by atoms with Crippen molar-refractivity contribution >= 4 is 23.3 Å². The number of anilines is 1. The van der Waals surface area contributed by atoms with Crippen molar-refractivity contribution in [1.29, 1.82) is 5.26 Å². The topological polar surface area (TPSA) is 90.3 Å². The van der Waals surface area contributed by atoms with Gasteiger partial charge in [0.25, 0.3) is 11.7 Å². The second-order valence-corrected chi connectivity index (χ2v) is 3.82. The second kappa shape index (κ2) is 4.86. The number of amides is 2. The van der Waals surface area contributed by atoms with Crippen molar-refractivity contribution < 1.29 is 18.8 Å². The quantitative estimate of drug-likeness (QED) is 0.612. The Hall–Kier alpha value is -2.75. The van der Waals surface area contributed by atoms with Crippen LogP contribution in [-0.4, -0.2) is 30.7 Å². The van der Waals surface area contributed by atoms with Gasteiger partial charge in [0.15, 0.2) is 0 Å². The number of nitrogens with one attached hydrogen (secondary N) is 1. The molecule has 0 saturated carbocycles. The number of carbonyl (C=O) groups is 3.